The first-order chi connectivity index (χ1) is 17.9. The van der Waals surface area contributed by atoms with Crippen LogP contribution in [0.4, 0.5) is 4.79 Å². The van der Waals surface area contributed by atoms with Crippen LogP contribution in [0.1, 0.15) is 27.4 Å². The van der Waals surface area contributed by atoms with Crippen LogP contribution in [0.2, 0.25) is 0 Å². The van der Waals surface area contributed by atoms with Crippen molar-refractivity contribution in [3.63, 3.8) is 0 Å². The molecule has 2 aliphatic rings. The Kier molecular flexibility index (Phi) is 6.42. The molecule has 3 aromatic rings. The predicted octanol–water partition coefficient (Wildman–Crippen LogP) is 3.48. The summed E-state index contributed by atoms with van der Waals surface area (Å²) in [6, 6.07) is 13.0. The highest BCUT2D eigenvalue weighted by Gasteiger charge is 2.34. The molecular formula is C26H22N2O9. The van der Waals surface area contributed by atoms with Crippen LogP contribution in [-0.2, 0) is 22.7 Å². The number of fused-ring (bicyclic) bond motifs is 1. The molecule has 0 aliphatic carbocycles. The van der Waals surface area contributed by atoms with Gasteiger partial charge in [0.2, 0.25) is 12.6 Å². The number of furan rings is 1. The van der Waals surface area contributed by atoms with E-state index in [1.807, 2.05) is 18.2 Å². The number of benzene rings is 2. The maximum Gasteiger partial charge on any atom is 0.373 e. The fraction of sp³-hybridized carbons (Fsp3) is 0.192. The molecule has 1 fully saturated rings. The summed E-state index contributed by atoms with van der Waals surface area (Å²) < 4.78 is 32.0. The zero-order chi connectivity index (χ0) is 25.9. The molecule has 0 spiro atoms. The van der Waals surface area contributed by atoms with Crippen LogP contribution in [0.3, 0.4) is 0 Å². The molecule has 3 amide bonds. The number of nitrogens with one attached hydrogen (secondary N) is 1. The first-order valence-electron chi connectivity index (χ1n) is 11.2. The molecule has 0 unspecified atom stereocenters. The number of carbonyl (C=O) groups is 3. The number of nitrogens with zero attached hydrogens (tertiary/aromatic N) is 1. The third kappa shape index (κ3) is 4.92. The molecule has 1 saturated heterocycles. The van der Waals surface area contributed by atoms with Gasteiger partial charge in [-0.05, 0) is 53.6 Å². The number of ether oxygens (including phenoxy) is 5. The molecule has 11 nitrogen and oxygen atoms in total. The molecule has 2 aliphatic heterocycles. The molecule has 2 aromatic carbocycles. The predicted molar refractivity (Wildman–Crippen MR) is 127 cm³/mol. The van der Waals surface area contributed by atoms with Gasteiger partial charge in [-0.3, -0.25) is 9.69 Å². The van der Waals surface area contributed by atoms with Crippen molar-refractivity contribution in [3.05, 3.63) is 76.9 Å². The number of hydrogen-bond acceptors (Lipinski definition) is 9. The molecule has 1 N–H and O–H groups in total. The highest BCUT2D eigenvalue weighted by Crippen LogP contribution is 2.34. The Bertz CT molecular complexity index is 1410. The van der Waals surface area contributed by atoms with Gasteiger partial charge in [-0.25, -0.2) is 9.59 Å². The van der Waals surface area contributed by atoms with Crippen LogP contribution < -0.4 is 24.3 Å². The van der Waals surface area contributed by atoms with E-state index in [0.29, 0.717) is 28.6 Å². The Morgan fingerprint density at radius 2 is 1.86 bits per heavy atom. The van der Waals surface area contributed by atoms with Gasteiger partial charge < -0.3 is 33.4 Å². The molecule has 3 heterocycles. The van der Waals surface area contributed by atoms with Crippen LogP contribution >= 0.6 is 0 Å². The molecule has 11 heteroatoms. The lowest BCUT2D eigenvalue weighted by Gasteiger charge is -2.12. The number of rotatable bonds is 8. The van der Waals surface area contributed by atoms with Crippen molar-refractivity contribution in [2.24, 2.45) is 0 Å². The third-order valence-corrected chi connectivity index (χ3v) is 5.65. The van der Waals surface area contributed by atoms with E-state index in [-0.39, 0.29) is 37.2 Å². The molecule has 190 valence electrons. The molecule has 1 aromatic heterocycles. The largest absolute Gasteiger partial charge is 0.493 e. The molecule has 0 bridgehead atoms. The number of carbonyl (C=O) groups excluding carboxylic acids is 3. The molecule has 5 rings (SSSR count). The van der Waals surface area contributed by atoms with Crippen molar-refractivity contribution in [3.8, 4) is 23.0 Å². The van der Waals surface area contributed by atoms with Crippen molar-refractivity contribution >= 4 is 24.0 Å². The number of esters is 1. The second kappa shape index (κ2) is 9.97. The van der Waals surface area contributed by atoms with E-state index in [4.69, 9.17) is 23.4 Å². The standard InChI is InChI=1S/C26H22N2O9/c1-32-22-10-15(3-6-19(22)34-13-16-4-7-20-23(11-16)36-14-35-20)9-18-24(29)28(26(31)27-18)12-17-5-8-21(37-17)25(30)33-2/h3-11H,12-14H2,1-2H3,(H,27,31)/b18-9+. The second-order valence-corrected chi connectivity index (χ2v) is 8.02. The van der Waals surface area contributed by atoms with Gasteiger partial charge in [0.25, 0.3) is 5.91 Å². The normalized spacial score (nSPS) is 15.2. The van der Waals surface area contributed by atoms with E-state index >= 15 is 0 Å². The third-order valence-electron chi connectivity index (χ3n) is 5.65. The van der Waals surface area contributed by atoms with Crippen molar-refractivity contribution in [2.45, 2.75) is 13.2 Å². The molecule has 0 radical (unpaired) electrons. The van der Waals surface area contributed by atoms with Crippen molar-refractivity contribution in [1.29, 1.82) is 0 Å². The average molecular weight is 506 g/mol. The van der Waals surface area contributed by atoms with Crippen LogP contribution in [0.25, 0.3) is 6.08 Å². The van der Waals surface area contributed by atoms with Gasteiger partial charge in [-0.2, -0.15) is 0 Å². The minimum absolute atomic E-state index is 0.0201. The number of amides is 3. The first-order valence-corrected chi connectivity index (χ1v) is 11.2. The fourth-order valence-corrected chi connectivity index (χ4v) is 3.80. The van der Waals surface area contributed by atoms with E-state index in [0.717, 1.165) is 10.5 Å². The van der Waals surface area contributed by atoms with Crippen LogP contribution in [0, 0.1) is 0 Å². The summed E-state index contributed by atoms with van der Waals surface area (Å²) in [5.74, 6) is 1.37. The minimum Gasteiger partial charge on any atom is -0.493 e. The number of imide groups is 1. The second-order valence-electron chi connectivity index (χ2n) is 8.02. The van der Waals surface area contributed by atoms with Gasteiger partial charge in [0.15, 0.2) is 23.0 Å². The monoisotopic (exact) mass is 506 g/mol. The Hall–Kier alpha value is -4.93. The highest BCUT2D eigenvalue weighted by atomic mass is 16.7. The van der Waals surface area contributed by atoms with Gasteiger partial charge >= 0.3 is 12.0 Å². The topological polar surface area (TPSA) is 126 Å². The van der Waals surface area contributed by atoms with Gasteiger partial charge in [0, 0.05) is 0 Å². The SMILES string of the molecule is COC(=O)c1ccc(CN2C(=O)N/C(=C/c3ccc(OCc4ccc5c(c4)OCO5)c(OC)c3)C2=O)o1. The van der Waals surface area contributed by atoms with Crippen molar-refractivity contribution in [1.82, 2.24) is 10.2 Å². The van der Waals surface area contributed by atoms with E-state index < -0.39 is 17.9 Å². The van der Waals surface area contributed by atoms with Crippen LogP contribution in [0.5, 0.6) is 23.0 Å². The van der Waals surface area contributed by atoms with Crippen LogP contribution in [0.15, 0.2) is 58.6 Å². The summed E-state index contributed by atoms with van der Waals surface area (Å²) in [7, 11) is 2.74. The van der Waals surface area contributed by atoms with E-state index in [1.54, 1.807) is 18.2 Å². The zero-order valence-electron chi connectivity index (χ0n) is 19.9. The fourth-order valence-electron chi connectivity index (χ4n) is 3.80. The summed E-state index contributed by atoms with van der Waals surface area (Å²) in [5, 5.41) is 2.55. The van der Waals surface area contributed by atoms with E-state index in [9.17, 15) is 14.4 Å². The smallest absolute Gasteiger partial charge is 0.373 e. The summed E-state index contributed by atoms with van der Waals surface area (Å²) in [6.45, 7) is 0.334. The maximum absolute atomic E-state index is 12.8. The van der Waals surface area contributed by atoms with Gasteiger partial charge in [-0.15, -0.1) is 0 Å². The lowest BCUT2D eigenvalue weighted by atomic mass is 10.1. The lowest BCUT2D eigenvalue weighted by Crippen LogP contribution is -2.30. The number of urea groups is 1. The van der Waals surface area contributed by atoms with E-state index in [2.05, 4.69) is 10.1 Å². The summed E-state index contributed by atoms with van der Waals surface area (Å²) >= 11 is 0. The lowest BCUT2D eigenvalue weighted by molar-refractivity contribution is -0.123. The Morgan fingerprint density at radius 1 is 1.03 bits per heavy atom. The number of methoxy groups -OCH3 is 2. The quantitative estimate of drug-likeness (QED) is 0.278. The average Bonchev–Trinajstić information content (AvgIpc) is 3.64. The summed E-state index contributed by atoms with van der Waals surface area (Å²) in [4.78, 5) is 37.8. The van der Waals surface area contributed by atoms with Crippen LogP contribution in [-0.4, -0.2) is 43.8 Å². The van der Waals surface area contributed by atoms with Gasteiger partial charge in [0.05, 0.1) is 20.8 Å². The molecule has 0 saturated carbocycles. The summed E-state index contributed by atoms with van der Waals surface area (Å²) in [6.07, 6.45) is 1.53. The zero-order valence-corrected chi connectivity index (χ0v) is 19.9. The summed E-state index contributed by atoms with van der Waals surface area (Å²) in [5.41, 5.74) is 1.59. The molecule has 0 atom stereocenters. The first kappa shape index (κ1) is 23.8. The van der Waals surface area contributed by atoms with Gasteiger partial charge in [0.1, 0.15) is 18.1 Å². The number of hydrogen-bond donors (Lipinski definition) is 1. The highest BCUT2D eigenvalue weighted by molar-refractivity contribution is 6.13. The van der Waals surface area contributed by atoms with Crippen molar-refractivity contribution in [2.75, 3.05) is 21.0 Å². The van der Waals surface area contributed by atoms with Gasteiger partial charge in [-0.1, -0.05) is 12.1 Å². The Balaban J connectivity index is 1.27. The Labute approximate surface area is 211 Å². The molecular weight excluding hydrogens is 484 g/mol. The van der Waals surface area contributed by atoms with Crippen molar-refractivity contribution < 1.29 is 42.5 Å². The van der Waals surface area contributed by atoms with E-state index in [1.165, 1.54) is 32.4 Å². The maximum atomic E-state index is 12.8. The molecule has 37 heavy (non-hydrogen) atoms. The Morgan fingerprint density at radius 3 is 2.68 bits per heavy atom. The minimum atomic E-state index is -0.652.